The Kier molecular flexibility index (Phi) is 10.5. The Bertz CT molecular complexity index is 1480. The first kappa shape index (κ1) is 32.4. The fourth-order valence-electron chi connectivity index (χ4n) is 4.38. The molecule has 0 saturated carbocycles. The average Bonchev–Trinajstić information content (AvgIpc) is 2.87. The number of hydrogen-bond acceptors (Lipinski definition) is 4. The molecule has 0 spiro atoms. The van der Waals surface area contributed by atoms with Gasteiger partial charge in [0.25, 0.3) is 10.0 Å². The van der Waals surface area contributed by atoms with Crippen LogP contribution in [0.25, 0.3) is 0 Å². The lowest BCUT2D eigenvalue weighted by Crippen LogP contribution is -2.55. The highest BCUT2D eigenvalue weighted by molar-refractivity contribution is 7.92. The Balaban J connectivity index is 2.12. The zero-order chi connectivity index (χ0) is 30.5. The summed E-state index contributed by atoms with van der Waals surface area (Å²) in [5.74, 6) is -0.936. The largest absolute Gasteiger partial charge is 0.350 e. The molecule has 1 unspecified atom stereocenters. The van der Waals surface area contributed by atoms with Crippen molar-refractivity contribution in [2.45, 2.75) is 71.0 Å². The molecule has 220 valence electrons. The molecule has 3 aromatic carbocycles. The summed E-state index contributed by atoms with van der Waals surface area (Å²) in [4.78, 5) is 29.1. The minimum Gasteiger partial charge on any atom is -0.350 e. The highest BCUT2D eigenvalue weighted by atomic mass is 35.5. The van der Waals surface area contributed by atoms with Crippen LogP contribution in [-0.4, -0.2) is 43.3 Å². The minimum absolute atomic E-state index is 0.0515. The summed E-state index contributed by atoms with van der Waals surface area (Å²) in [6.45, 7) is 10.4. The minimum atomic E-state index is -4.15. The van der Waals surface area contributed by atoms with Crippen molar-refractivity contribution in [1.29, 1.82) is 0 Å². The predicted octanol–water partition coefficient (Wildman–Crippen LogP) is 6.53. The Hall–Kier alpha value is -3.07. The van der Waals surface area contributed by atoms with E-state index in [4.69, 9.17) is 23.2 Å². The molecule has 0 aromatic heterocycles. The van der Waals surface area contributed by atoms with Crippen molar-refractivity contribution in [2.75, 3.05) is 10.8 Å². The number of rotatable bonds is 10. The number of hydrogen-bond donors (Lipinski definition) is 1. The summed E-state index contributed by atoms with van der Waals surface area (Å²) in [6, 6.07) is 17.5. The summed E-state index contributed by atoms with van der Waals surface area (Å²) >= 11 is 12.9. The van der Waals surface area contributed by atoms with Gasteiger partial charge in [0.05, 0.1) is 10.6 Å². The number of carbonyl (C=O) groups excluding carboxylic acids is 2. The van der Waals surface area contributed by atoms with Crippen LogP contribution < -0.4 is 9.62 Å². The van der Waals surface area contributed by atoms with Crippen molar-refractivity contribution in [3.05, 3.63) is 93.5 Å². The van der Waals surface area contributed by atoms with Crippen molar-refractivity contribution >= 4 is 50.7 Å². The molecule has 0 heterocycles. The van der Waals surface area contributed by atoms with Gasteiger partial charge in [-0.3, -0.25) is 13.9 Å². The van der Waals surface area contributed by atoms with Gasteiger partial charge in [-0.25, -0.2) is 8.42 Å². The van der Waals surface area contributed by atoms with Crippen LogP contribution in [0.15, 0.2) is 71.6 Å². The summed E-state index contributed by atoms with van der Waals surface area (Å²) < 4.78 is 29.0. The number of sulfonamides is 1. The molecule has 0 aliphatic rings. The van der Waals surface area contributed by atoms with Crippen LogP contribution in [-0.2, 0) is 26.2 Å². The molecular formula is C31H37Cl2N3O4S. The van der Waals surface area contributed by atoms with Crippen LogP contribution in [0.2, 0.25) is 10.0 Å². The summed E-state index contributed by atoms with van der Waals surface area (Å²) in [5.41, 5.74) is 1.98. The Labute approximate surface area is 253 Å². The van der Waals surface area contributed by atoms with E-state index in [9.17, 15) is 18.0 Å². The standard InChI is InChI=1S/C31H37Cl2N3O4S/c1-7-28(30(38)34-31(4,5)6)35(19-25-26(32)12-9-13-27(25)33)29(37)20-36(23-11-8-10-22(3)18-23)41(39,40)24-16-14-21(2)15-17-24/h8-18,28H,7,19-20H2,1-6H3,(H,34,38). The molecule has 1 N–H and O–H groups in total. The monoisotopic (exact) mass is 617 g/mol. The first-order chi connectivity index (χ1) is 19.1. The maximum atomic E-state index is 14.2. The molecule has 10 heteroatoms. The van der Waals surface area contributed by atoms with E-state index in [0.717, 1.165) is 15.4 Å². The second kappa shape index (κ2) is 13.3. The van der Waals surface area contributed by atoms with E-state index in [0.29, 0.717) is 21.3 Å². The molecule has 0 fully saturated rings. The Morgan fingerprint density at radius 2 is 1.49 bits per heavy atom. The third-order valence-corrected chi connectivity index (χ3v) is 8.95. The van der Waals surface area contributed by atoms with Gasteiger partial charge in [-0.05, 0) is 83.0 Å². The number of anilines is 1. The van der Waals surface area contributed by atoms with E-state index in [2.05, 4.69) is 5.32 Å². The van der Waals surface area contributed by atoms with Crippen molar-refractivity contribution in [3.8, 4) is 0 Å². The quantitative estimate of drug-likeness (QED) is 0.280. The van der Waals surface area contributed by atoms with Gasteiger partial charge in [-0.15, -0.1) is 0 Å². The summed E-state index contributed by atoms with van der Waals surface area (Å²) in [6.07, 6.45) is 0.283. The lowest BCUT2D eigenvalue weighted by molar-refractivity contribution is -0.141. The van der Waals surface area contributed by atoms with Gasteiger partial charge < -0.3 is 10.2 Å². The van der Waals surface area contributed by atoms with E-state index in [1.54, 1.807) is 55.5 Å². The number of carbonyl (C=O) groups is 2. The number of halogens is 2. The van der Waals surface area contributed by atoms with Crippen LogP contribution in [0.5, 0.6) is 0 Å². The topological polar surface area (TPSA) is 86.8 Å². The van der Waals surface area contributed by atoms with Gasteiger partial charge in [0, 0.05) is 27.7 Å². The van der Waals surface area contributed by atoms with Crippen molar-refractivity contribution in [2.24, 2.45) is 0 Å². The molecule has 3 aromatic rings. The maximum Gasteiger partial charge on any atom is 0.264 e. The third-order valence-electron chi connectivity index (χ3n) is 6.45. The van der Waals surface area contributed by atoms with Crippen LogP contribution in [0.3, 0.4) is 0 Å². The van der Waals surface area contributed by atoms with Crippen molar-refractivity contribution < 1.29 is 18.0 Å². The molecule has 1 atom stereocenters. The molecule has 0 saturated heterocycles. The molecule has 0 bridgehead atoms. The fourth-order valence-corrected chi connectivity index (χ4v) is 6.30. The molecule has 3 rings (SSSR count). The average molecular weight is 619 g/mol. The van der Waals surface area contributed by atoms with Gasteiger partial charge in [0.15, 0.2) is 0 Å². The lowest BCUT2D eigenvalue weighted by Gasteiger charge is -2.35. The van der Waals surface area contributed by atoms with E-state index in [-0.39, 0.29) is 23.8 Å². The lowest BCUT2D eigenvalue weighted by atomic mass is 10.1. The van der Waals surface area contributed by atoms with Gasteiger partial charge in [-0.2, -0.15) is 0 Å². The first-order valence-corrected chi connectivity index (χ1v) is 15.5. The summed E-state index contributed by atoms with van der Waals surface area (Å²) in [7, 11) is -4.15. The van der Waals surface area contributed by atoms with E-state index >= 15 is 0 Å². The normalized spacial score (nSPS) is 12.5. The molecular weight excluding hydrogens is 581 g/mol. The van der Waals surface area contributed by atoms with Crippen LogP contribution in [0.4, 0.5) is 5.69 Å². The van der Waals surface area contributed by atoms with Crippen molar-refractivity contribution in [1.82, 2.24) is 10.2 Å². The van der Waals surface area contributed by atoms with Gasteiger partial charge in [0.1, 0.15) is 12.6 Å². The summed E-state index contributed by atoms with van der Waals surface area (Å²) in [5, 5.41) is 3.62. The second-order valence-corrected chi connectivity index (χ2v) is 13.7. The zero-order valence-electron chi connectivity index (χ0n) is 24.2. The van der Waals surface area contributed by atoms with Gasteiger partial charge >= 0.3 is 0 Å². The number of nitrogens with one attached hydrogen (secondary N) is 1. The van der Waals surface area contributed by atoms with Crippen LogP contribution in [0, 0.1) is 13.8 Å². The molecule has 0 radical (unpaired) electrons. The number of aryl methyl sites for hydroxylation is 2. The molecule has 7 nitrogen and oxygen atoms in total. The van der Waals surface area contributed by atoms with Crippen LogP contribution >= 0.6 is 23.2 Å². The van der Waals surface area contributed by atoms with E-state index in [1.165, 1.54) is 17.0 Å². The molecule has 0 aliphatic carbocycles. The number of benzene rings is 3. The van der Waals surface area contributed by atoms with Crippen molar-refractivity contribution in [3.63, 3.8) is 0 Å². The zero-order valence-corrected chi connectivity index (χ0v) is 26.6. The van der Waals surface area contributed by atoms with Gasteiger partial charge in [0.2, 0.25) is 11.8 Å². The van der Waals surface area contributed by atoms with Crippen LogP contribution in [0.1, 0.15) is 50.8 Å². The SMILES string of the molecule is CCC(C(=O)NC(C)(C)C)N(Cc1c(Cl)cccc1Cl)C(=O)CN(c1cccc(C)c1)S(=O)(=O)c1ccc(C)cc1. The highest BCUT2D eigenvalue weighted by Gasteiger charge is 2.35. The molecule has 41 heavy (non-hydrogen) atoms. The number of amides is 2. The second-order valence-electron chi connectivity index (χ2n) is 11.0. The first-order valence-electron chi connectivity index (χ1n) is 13.3. The molecule has 2 amide bonds. The van der Waals surface area contributed by atoms with E-state index < -0.39 is 34.1 Å². The highest BCUT2D eigenvalue weighted by Crippen LogP contribution is 2.29. The van der Waals surface area contributed by atoms with E-state index in [1.807, 2.05) is 40.7 Å². The van der Waals surface area contributed by atoms with Gasteiger partial charge in [-0.1, -0.05) is 66.0 Å². The Morgan fingerprint density at radius 3 is 2.02 bits per heavy atom. The Morgan fingerprint density at radius 1 is 0.902 bits per heavy atom. The fraction of sp³-hybridized carbons (Fsp3) is 0.355. The smallest absolute Gasteiger partial charge is 0.264 e. The molecule has 0 aliphatic heterocycles. The predicted molar refractivity (Wildman–Crippen MR) is 166 cm³/mol. The number of nitrogens with zero attached hydrogens (tertiary/aromatic N) is 2. The maximum absolute atomic E-state index is 14.2. The third kappa shape index (κ3) is 8.24.